The van der Waals surface area contributed by atoms with Gasteiger partial charge in [-0.05, 0) is 32.4 Å². The van der Waals surface area contributed by atoms with Crippen LogP contribution in [0.25, 0.3) is 0 Å². The SMILES string of the molecule is Cn1ccnc1CNc1ccccc1CNC(=O)OC(C)(C)C. The fourth-order valence-electron chi connectivity index (χ4n) is 2.07. The third-order valence-electron chi connectivity index (χ3n) is 3.20. The Morgan fingerprint density at radius 3 is 2.65 bits per heavy atom. The van der Waals surface area contributed by atoms with Crippen molar-refractivity contribution in [3.8, 4) is 0 Å². The Morgan fingerprint density at radius 1 is 1.26 bits per heavy atom. The first kappa shape index (κ1) is 16.9. The number of nitrogens with zero attached hydrogens (tertiary/aromatic N) is 2. The third kappa shape index (κ3) is 5.32. The summed E-state index contributed by atoms with van der Waals surface area (Å²) in [6, 6.07) is 7.85. The molecular weight excluding hydrogens is 292 g/mol. The molecule has 0 saturated heterocycles. The first-order chi connectivity index (χ1) is 10.8. The first-order valence-electron chi connectivity index (χ1n) is 7.60. The van der Waals surface area contributed by atoms with Crippen molar-refractivity contribution in [3.63, 3.8) is 0 Å². The fraction of sp³-hybridized carbons (Fsp3) is 0.412. The normalized spacial score (nSPS) is 11.1. The van der Waals surface area contributed by atoms with Crippen LogP contribution in [0.2, 0.25) is 0 Å². The van der Waals surface area contributed by atoms with Crippen LogP contribution in [0.3, 0.4) is 0 Å². The molecule has 0 saturated carbocycles. The Labute approximate surface area is 136 Å². The predicted molar refractivity (Wildman–Crippen MR) is 90.1 cm³/mol. The number of anilines is 1. The van der Waals surface area contributed by atoms with Gasteiger partial charge in [0, 0.05) is 31.7 Å². The molecule has 2 N–H and O–H groups in total. The zero-order valence-corrected chi connectivity index (χ0v) is 14.1. The quantitative estimate of drug-likeness (QED) is 0.889. The highest BCUT2D eigenvalue weighted by atomic mass is 16.6. The molecule has 1 aromatic heterocycles. The van der Waals surface area contributed by atoms with E-state index in [1.54, 1.807) is 6.20 Å². The van der Waals surface area contributed by atoms with Crippen molar-refractivity contribution < 1.29 is 9.53 Å². The van der Waals surface area contributed by atoms with Gasteiger partial charge in [-0.1, -0.05) is 18.2 Å². The number of para-hydroxylation sites is 1. The second-order valence-corrected chi connectivity index (χ2v) is 6.32. The van der Waals surface area contributed by atoms with E-state index >= 15 is 0 Å². The number of aromatic nitrogens is 2. The Morgan fingerprint density at radius 2 is 2.00 bits per heavy atom. The van der Waals surface area contributed by atoms with Crippen LogP contribution in [0.5, 0.6) is 0 Å². The van der Waals surface area contributed by atoms with E-state index in [2.05, 4.69) is 15.6 Å². The molecule has 1 amide bonds. The number of imidazole rings is 1. The lowest BCUT2D eigenvalue weighted by Crippen LogP contribution is -2.32. The van der Waals surface area contributed by atoms with Crippen molar-refractivity contribution in [2.24, 2.45) is 7.05 Å². The van der Waals surface area contributed by atoms with Gasteiger partial charge >= 0.3 is 6.09 Å². The lowest BCUT2D eigenvalue weighted by Gasteiger charge is -2.20. The number of nitrogens with one attached hydrogen (secondary N) is 2. The van der Waals surface area contributed by atoms with Crippen molar-refractivity contribution in [2.75, 3.05) is 5.32 Å². The number of carbonyl (C=O) groups is 1. The van der Waals surface area contributed by atoms with E-state index in [1.807, 2.05) is 62.8 Å². The van der Waals surface area contributed by atoms with Crippen molar-refractivity contribution in [2.45, 2.75) is 39.5 Å². The molecule has 0 radical (unpaired) electrons. The molecule has 0 aliphatic rings. The molecule has 23 heavy (non-hydrogen) atoms. The maximum absolute atomic E-state index is 11.8. The van der Waals surface area contributed by atoms with Crippen LogP contribution in [-0.4, -0.2) is 21.2 Å². The van der Waals surface area contributed by atoms with Crippen molar-refractivity contribution in [1.29, 1.82) is 0 Å². The van der Waals surface area contributed by atoms with E-state index in [0.29, 0.717) is 13.1 Å². The van der Waals surface area contributed by atoms with Crippen LogP contribution in [0.4, 0.5) is 10.5 Å². The van der Waals surface area contributed by atoms with Gasteiger partial charge in [0.05, 0.1) is 6.54 Å². The van der Waals surface area contributed by atoms with Crippen molar-refractivity contribution in [1.82, 2.24) is 14.9 Å². The molecule has 6 nitrogen and oxygen atoms in total. The molecule has 0 unspecified atom stereocenters. The van der Waals surface area contributed by atoms with Gasteiger partial charge in [0.15, 0.2) is 0 Å². The summed E-state index contributed by atoms with van der Waals surface area (Å²) in [5.74, 6) is 0.944. The van der Waals surface area contributed by atoms with Gasteiger partial charge < -0.3 is 19.9 Å². The van der Waals surface area contributed by atoms with Gasteiger partial charge in [0.2, 0.25) is 0 Å². The fourth-order valence-corrected chi connectivity index (χ4v) is 2.07. The second-order valence-electron chi connectivity index (χ2n) is 6.32. The van der Waals surface area contributed by atoms with Crippen molar-refractivity contribution in [3.05, 3.63) is 48.0 Å². The minimum atomic E-state index is -0.500. The molecule has 124 valence electrons. The topological polar surface area (TPSA) is 68.2 Å². The van der Waals surface area contributed by atoms with Crippen LogP contribution in [0, 0.1) is 0 Å². The predicted octanol–water partition coefficient (Wildman–Crippen LogP) is 3.06. The molecule has 0 bridgehead atoms. The lowest BCUT2D eigenvalue weighted by molar-refractivity contribution is 0.0523. The summed E-state index contributed by atoms with van der Waals surface area (Å²) < 4.78 is 7.22. The molecule has 0 spiro atoms. The molecule has 0 fully saturated rings. The highest BCUT2D eigenvalue weighted by Gasteiger charge is 2.16. The average Bonchev–Trinajstić information content (AvgIpc) is 2.87. The summed E-state index contributed by atoms with van der Waals surface area (Å²) in [7, 11) is 1.96. The monoisotopic (exact) mass is 316 g/mol. The van der Waals surface area contributed by atoms with E-state index in [-0.39, 0.29) is 0 Å². The van der Waals surface area contributed by atoms with E-state index in [0.717, 1.165) is 17.1 Å². The summed E-state index contributed by atoms with van der Waals surface area (Å²) >= 11 is 0. The van der Waals surface area contributed by atoms with Crippen LogP contribution >= 0.6 is 0 Å². The van der Waals surface area contributed by atoms with E-state index in [1.165, 1.54) is 0 Å². The number of benzene rings is 1. The number of hydrogen-bond acceptors (Lipinski definition) is 4. The molecule has 1 aromatic carbocycles. The minimum absolute atomic E-state index is 0.401. The van der Waals surface area contributed by atoms with Crippen LogP contribution in [0.1, 0.15) is 32.2 Å². The highest BCUT2D eigenvalue weighted by Crippen LogP contribution is 2.16. The summed E-state index contributed by atoms with van der Waals surface area (Å²) in [6.07, 6.45) is 3.26. The number of carbonyl (C=O) groups excluding carboxylic acids is 1. The van der Waals surface area contributed by atoms with Gasteiger partial charge in [-0.3, -0.25) is 0 Å². The van der Waals surface area contributed by atoms with E-state index in [9.17, 15) is 4.79 Å². The highest BCUT2D eigenvalue weighted by molar-refractivity contribution is 5.68. The Hall–Kier alpha value is -2.50. The zero-order chi connectivity index (χ0) is 16.9. The molecule has 1 heterocycles. The number of aryl methyl sites for hydroxylation is 1. The van der Waals surface area contributed by atoms with Gasteiger partial charge in [-0.2, -0.15) is 0 Å². The Balaban J connectivity index is 1.95. The smallest absolute Gasteiger partial charge is 0.407 e. The number of alkyl carbamates (subject to hydrolysis) is 1. The molecule has 2 aromatic rings. The van der Waals surface area contributed by atoms with Gasteiger partial charge in [-0.15, -0.1) is 0 Å². The molecule has 0 aliphatic carbocycles. The van der Waals surface area contributed by atoms with Crippen molar-refractivity contribution >= 4 is 11.8 Å². The summed E-state index contributed by atoms with van der Waals surface area (Å²) in [5, 5.41) is 6.13. The molecule has 0 atom stereocenters. The van der Waals surface area contributed by atoms with Gasteiger partial charge in [0.25, 0.3) is 0 Å². The van der Waals surface area contributed by atoms with E-state index < -0.39 is 11.7 Å². The summed E-state index contributed by atoms with van der Waals surface area (Å²) in [4.78, 5) is 16.1. The molecule has 2 rings (SSSR count). The van der Waals surface area contributed by atoms with Gasteiger partial charge in [-0.25, -0.2) is 9.78 Å². The molecule has 0 aliphatic heterocycles. The van der Waals surface area contributed by atoms with E-state index in [4.69, 9.17) is 4.74 Å². The Kier molecular flexibility index (Phi) is 5.26. The number of hydrogen-bond donors (Lipinski definition) is 2. The maximum Gasteiger partial charge on any atom is 0.407 e. The summed E-state index contributed by atoms with van der Waals surface area (Å²) in [6.45, 7) is 6.55. The standard InChI is InChI=1S/C17H24N4O2/c1-17(2,3)23-16(22)20-11-13-7-5-6-8-14(13)19-12-15-18-9-10-21(15)4/h5-10,19H,11-12H2,1-4H3,(H,20,22). The largest absolute Gasteiger partial charge is 0.444 e. The molecular formula is C17H24N4O2. The van der Waals surface area contributed by atoms with Gasteiger partial charge in [0.1, 0.15) is 11.4 Å². The van der Waals surface area contributed by atoms with Crippen LogP contribution in [-0.2, 0) is 24.9 Å². The number of amides is 1. The average molecular weight is 316 g/mol. The maximum atomic E-state index is 11.8. The first-order valence-corrected chi connectivity index (χ1v) is 7.60. The second kappa shape index (κ2) is 7.17. The minimum Gasteiger partial charge on any atom is -0.444 e. The lowest BCUT2D eigenvalue weighted by atomic mass is 10.1. The third-order valence-corrected chi connectivity index (χ3v) is 3.20. The number of rotatable bonds is 5. The van der Waals surface area contributed by atoms with Crippen LogP contribution < -0.4 is 10.6 Å². The van der Waals surface area contributed by atoms with Crippen LogP contribution in [0.15, 0.2) is 36.7 Å². The Bertz CT molecular complexity index is 659. The molecule has 6 heteroatoms. The zero-order valence-electron chi connectivity index (χ0n) is 14.1. The summed E-state index contributed by atoms with van der Waals surface area (Å²) in [5.41, 5.74) is 1.46. The number of ether oxygens (including phenoxy) is 1.